The minimum atomic E-state index is 0. The highest BCUT2D eigenvalue weighted by Crippen LogP contribution is 2.19. The molecule has 0 amide bonds. The third-order valence-corrected chi connectivity index (χ3v) is 1.96. The zero-order valence-electron chi connectivity index (χ0n) is 9.65. The molecule has 0 aromatic heterocycles. The number of rotatable bonds is 7. The van der Waals surface area contributed by atoms with Crippen LogP contribution in [0.1, 0.15) is 19.8 Å². The van der Waals surface area contributed by atoms with Gasteiger partial charge in [-0.25, -0.2) is 0 Å². The topological polar surface area (TPSA) is 44.5 Å². The van der Waals surface area contributed by atoms with E-state index in [0.29, 0.717) is 13.2 Å². The van der Waals surface area contributed by atoms with Gasteiger partial charge in [0.2, 0.25) is 0 Å². The zero-order valence-corrected chi connectivity index (χ0v) is 10.5. The highest BCUT2D eigenvalue weighted by molar-refractivity contribution is 5.85. The van der Waals surface area contributed by atoms with Crippen LogP contribution in [0.25, 0.3) is 0 Å². The lowest BCUT2D eigenvalue weighted by atomic mass is 10.3. The average molecular weight is 246 g/mol. The van der Waals surface area contributed by atoms with Crippen LogP contribution < -0.4 is 15.2 Å². The normalized spacial score (nSPS) is 9.38. The van der Waals surface area contributed by atoms with Crippen molar-refractivity contribution in [3.05, 3.63) is 24.3 Å². The van der Waals surface area contributed by atoms with Crippen molar-refractivity contribution in [1.29, 1.82) is 0 Å². The number of benzene rings is 1. The van der Waals surface area contributed by atoms with E-state index in [9.17, 15) is 0 Å². The summed E-state index contributed by atoms with van der Waals surface area (Å²) < 4.78 is 11.0. The van der Waals surface area contributed by atoms with Crippen LogP contribution >= 0.6 is 12.4 Å². The number of nitrogens with two attached hydrogens (primary N) is 1. The van der Waals surface area contributed by atoms with Crippen molar-refractivity contribution in [2.75, 3.05) is 19.8 Å². The number of hydrogen-bond acceptors (Lipinski definition) is 3. The Labute approximate surface area is 103 Å². The van der Waals surface area contributed by atoms with Crippen molar-refractivity contribution < 1.29 is 9.47 Å². The van der Waals surface area contributed by atoms with Crippen LogP contribution in [0.15, 0.2) is 24.3 Å². The fourth-order valence-corrected chi connectivity index (χ4v) is 1.16. The van der Waals surface area contributed by atoms with Gasteiger partial charge in [0.1, 0.15) is 18.1 Å². The molecule has 16 heavy (non-hydrogen) atoms. The predicted molar refractivity (Wildman–Crippen MR) is 68.6 cm³/mol. The standard InChI is InChI=1S/C12H19NO2.ClH/c1-2-3-8-14-11-5-4-6-12(10-11)15-9-7-13;/h4-6,10H,2-3,7-9,13H2,1H3;1H. The number of unbranched alkanes of at least 4 members (excludes halogenated alkanes) is 1. The number of ether oxygens (including phenoxy) is 2. The fraction of sp³-hybridized carbons (Fsp3) is 0.500. The summed E-state index contributed by atoms with van der Waals surface area (Å²) >= 11 is 0. The fourth-order valence-electron chi connectivity index (χ4n) is 1.16. The van der Waals surface area contributed by atoms with E-state index in [-0.39, 0.29) is 12.4 Å². The quantitative estimate of drug-likeness (QED) is 0.751. The van der Waals surface area contributed by atoms with E-state index in [1.165, 1.54) is 0 Å². The molecule has 0 spiro atoms. The van der Waals surface area contributed by atoms with Crippen LogP contribution in [0.4, 0.5) is 0 Å². The average Bonchev–Trinajstić information content (AvgIpc) is 2.27. The molecule has 0 saturated carbocycles. The Bertz CT molecular complexity index is 281. The Morgan fingerprint density at radius 3 is 2.31 bits per heavy atom. The van der Waals surface area contributed by atoms with E-state index in [2.05, 4.69) is 6.92 Å². The molecule has 0 aliphatic rings. The minimum Gasteiger partial charge on any atom is -0.493 e. The van der Waals surface area contributed by atoms with Crippen LogP contribution in [0, 0.1) is 0 Å². The largest absolute Gasteiger partial charge is 0.493 e. The van der Waals surface area contributed by atoms with Gasteiger partial charge in [-0.05, 0) is 18.6 Å². The van der Waals surface area contributed by atoms with E-state index < -0.39 is 0 Å². The van der Waals surface area contributed by atoms with E-state index in [4.69, 9.17) is 15.2 Å². The Hall–Kier alpha value is -0.930. The lowest BCUT2D eigenvalue weighted by Gasteiger charge is -2.08. The molecular weight excluding hydrogens is 226 g/mol. The van der Waals surface area contributed by atoms with Gasteiger partial charge in [-0.2, -0.15) is 0 Å². The Balaban J connectivity index is 0.00000225. The van der Waals surface area contributed by atoms with Crippen LogP contribution in [-0.2, 0) is 0 Å². The van der Waals surface area contributed by atoms with Crippen LogP contribution in [-0.4, -0.2) is 19.8 Å². The molecule has 0 fully saturated rings. The van der Waals surface area contributed by atoms with Crippen molar-refractivity contribution in [3.63, 3.8) is 0 Å². The lowest BCUT2D eigenvalue weighted by molar-refractivity contribution is 0.300. The van der Waals surface area contributed by atoms with Gasteiger partial charge in [-0.3, -0.25) is 0 Å². The molecule has 0 saturated heterocycles. The molecule has 0 unspecified atom stereocenters. The van der Waals surface area contributed by atoms with Crippen LogP contribution in [0.3, 0.4) is 0 Å². The summed E-state index contributed by atoms with van der Waals surface area (Å²) in [6, 6.07) is 7.66. The molecule has 0 aliphatic heterocycles. The summed E-state index contributed by atoms with van der Waals surface area (Å²) in [4.78, 5) is 0. The molecule has 0 radical (unpaired) electrons. The summed E-state index contributed by atoms with van der Waals surface area (Å²) in [5.74, 6) is 1.67. The maximum Gasteiger partial charge on any atom is 0.123 e. The van der Waals surface area contributed by atoms with E-state index in [0.717, 1.165) is 30.9 Å². The van der Waals surface area contributed by atoms with Gasteiger partial charge >= 0.3 is 0 Å². The highest BCUT2D eigenvalue weighted by Gasteiger charge is 1.96. The van der Waals surface area contributed by atoms with Crippen LogP contribution in [0.5, 0.6) is 11.5 Å². The van der Waals surface area contributed by atoms with Gasteiger partial charge in [0, 0.05) is 12.6 Å². The number of halogens is 1. The van der Waals surface area contributed by atoms with Crippen molar-refractivity contribution in [3.8, 4) is 11.5 Å². The first-order valence-electron chi connectivity index (χ1n) is 5.42. The van der Waals surface area contributed by atoms with Crippen molar-refractivity contribution in [2.24, 2.45) is 5.73 Å². The van der Waals surface area contributed by atoms with Gasteiger partial charge in [0.25, 0.3) is 0 Å². The van der Waals surface area contributed by atoms with Crippen LogP contribution in [0.2, 0.25) is 0 Å². The Morgan fingerprint density at radius 1 is 1.12 bits per heavy atom. The summed E-state index contributed by atoms with van der Waals surface area (Å²) in [6.45, 7) is 3.97. The first kappa shape index (κ1) is 15.1. The molecule has 0 heterocycles. The van der Waals surface area contributed by atoms with Gasteiger partial charge < -0.3 is 15.2 Å². The minimum absolute atomic E-state index is 0. The van der Waals surface area contributed by atoms with Crippen molar-refractivity contribution >= 4 is 12.4 Å². The van der Waals surface area contributed by atoms with E-state index in [1.807, 2.05) is 24.3 Å². The van der Waals surface area contributed by atoms with E-state index in [1.54, 1.807) is 0 Å². The molecule has 3 nitrogen and oxygen atoms in total. The molecule has 0 atom stereocenters. The molecule has 0 bridgehead atoms. The second-order valence-corrected chi connectivity index (χ2v) is 3.31. The lowest BCUT2D eigenvalue weighted by Crippen LogP contribution is -2.10. The molecule has 2 N–H and O–H groups in total. The third kappa shape index (κ3) is 5.83. The molecule has 4 heteroatoms. The smallest absolute Gasteiger partial charge is 0.123 e. The zero-order chi connectivity index (χ0) is 10.9. The molecule has 1 aromatic carbocycles. The summed E-state index contributed by atoms with van der Waals surface area (Å²) in [5.41, 5.74) is 5.36. The molecule has 0 aliphatic carbocycles. The van der Waals surface area contributed by atoms with Crippen molar-refractivity contribution in [1.82, 2.24) is 0 Å². The molecular formula is C12H20ClNO2. The third-order valence-electron chi connectivity index (χ3n) is 1.96. The maximum absolute atomic E-state index is 5.56. The second-order valence-electron chi connectivity index (χ2n) is 3.31. The monoisotopic (exact) mass is 245 g/mol. The van der Waals surface area contributed by atoms with Gasteiger partial charge in [-0.15, -0.1) is 12.4 Å². The number of hydrogen-bond donors (Lipinski definition) is 1. The highest BCUT2D eigenvalue weighted by atomic mass is 35.5. The Kier molecular flexibility index (Phi) is 8.77. The first-order chi connectivity index (χ1) is 7.36. The molecule has 92 valence electrons. The summed E-state index contributed by atoms with van der Waals surface area (Å²) in [7, 11) is 0. The first-order valence-corrected chi connectivity index (χ1v) is 5.42. The van der Waals surface area contributed by atoms with Gasteiger partial charge in [0.15, 0.2) is 0 Å². The van der Waals surface area contributed by atoms with Gasteiger partial charge in [-0.1, -0.05) is 19.4 Å². The Morgan fingerprint density at radius 2 is 1.75 bits per heavy atom. The van der Waals surface area contributed by atoms with Crippen molar-refractivity contribution in [2.45, 2.75) is 19.8 Å². The van der Waals surface area contributed by atoms with E-state index >= 15 is 0 Å². The molecule has 1 aromatic rings. The second kappa shape index (κ2) is 9.31. The molecule has 1 rings (SSSR count). The summed E-state index contributed by atoms with van der Waals surface area (Å²) in [6.07, 6.45) is 2.22. The predicted octanol–water partition coefficient (Wildman–Crippen LogP) is 2.62. The van der Waals surface area contributed by atoms with Gasteiger partial charge in [0.05, 0.1) is 6.61 Å². The summed E-state index contributed by atoms with van der Waals surface area (Å²) in [5, 5.41) is 0. The SMILES string of the molecule is CCCCOc1cccc(OCCN)c1.Cl. The maximum atomic E-state index is 5.56.